The van der Waals surface area contributed by atoms with Gasteiger partial charge in [-0.05, 0) is 36.6 Å². The zero-order valence-electron chi connectivity index (χ0n) is 18.4. The van der Waals surface area contributed by atoms with E-state index in [1.54, 1.807) is 12.1 Å². The summed E-state index contributed by atoms with van der Waals surface area (Å²) in [4.78, 5) is 8.65. The second kappa shape index (κ2) is 10.2. The lowest BCUT2D eigenvalue weighted by atomic mass is 10.2. The Hall–Kier alpha value is -2.79. The Balaban J connectivity index is 1.45. The van der Waals surface area contributed by atoms with Gasteiger partial charge in [-0.1, -0.05) is 35.3 Å². The lowest BCUT2D eigenvalue weighted by Gasteiger charge is -2.13. The van der Waals surface area contributed by atoms with Crippen LogP contribution in [0.2, 0.25) is 10.0 Å². The topological polar surface area (TPSA) is 114 Å². The number of halogens is 2. The second-order valence-corrected chi connectivity index (χ2v) is 10.5. The predicted molar refractivity (Wildman–Crippen MR) is 133 cm³/mol. The first-order valence-electron chi connectivity index (χ1n) is 10.3. The standard InChI is InChI=1S/C22H23Cl2N5O4S/c1-32-19-10-15(9-17(23)20(19)33-2)28-22-25-12-18(24)21(29-22)27-14-5-3-13(4-6-14)11-26-34(30,31)16-7-8-16/h3-6,9-10,12,16,26H,7-8,11H2,1-2H3,(H2,25,27,28,29). The number of nitrogens with one attached hydrogen (secondary N) is 3. The van der Waals surface area contributed by atoms with Gasteiger partial charge in [0, 0.05) is 24.0 Å². The summed E-state index contributed by atoms with van der Waals surface area (Å²) >= 11 is 12.5. The van der Waals surface area contributed by atoms with E-state index in [9.17, 15) is 8.42 Å². The van der Waals surface area contributed by atoms with Gasteiger partial charge in [0.2, 0.25) is 16.0 Å². The summed E-state index contributed by atoms with van der Waals surface area (Å²) in [5, 5.41) is 6.68. The molecular weight excluding hydrogens is 501 g/mol. The van der Waals surface area contributed by atoms with Crippen LogP contribution in [0.5, 0.6) is 11.5 Å². The predicted octanol–water partition coefficient (Wildman–Crippen LogP) is 4.87. The number of hydrogen-bond acceptors (Lipinski definition) is 8. The van der Waals surface area contributed by atoms with E-state index in [-0.39, 0.29) is 11.8 Å². The van der Waals surface area contributed by atoms with Crippen LogP contribution in [0.1, 0.15) is 18.4 Å². The number of anilines is 4. The molecule has 0 aliphatic heterocycles. The number of nitrogens with zero attached hydrogens (tertiary/aromatic N) is 2. The summed E-state index contributed by atoms with van der Waals surface area (Å²) < 4.78 is 37.2. The van der Waals surface area contributed by atoms with Crippen LogP contribution in [-0.4, -0.2) is 37.9 Å². The number of ether oxygens (including phenoxy) is 2. The first-order chi connectivity index (χ1) is 16.3. The molecule has 1 aromatic heterocycles. The molecule has 0 radical (unpaired) electrons. The summed E-state index contributed by atoms with van der Waals surface area (Å²) in [6.45, 7) is 0.245. The Bertz CT molecular complexity index is 1290. The van der Waals surface area contributed by atoms with Crippen molar-refractivity contribution in [2.75, 3.05) is 24.9 Å². The molecule has 1 aliphatic carbocycles. The SMILES string of the molecule is COc1cc(Nc2ncc(Cl)c(Nc3ccc(CNS(=O)(=O)C4CC4)cc3)n2)cc(Cl)c1OC. The van der Waals surface area contributed by atoms with Gasteiger partial charge in [-0.3, -0.25) is 0 Å². The molecule has 180 valence electrons. The van der Waals surface area contributed by atoms with Crippen LogP contribution < -0.4 is 24.8 Å². The third kappa shape index (κ3) is 5.82. The molecule has 0 spiro atoms. The number of sulfonamides is 1. The molecule has 1 heterocycles. The van der Waals surface area contributed by atoms with E-state index < -0.39 is 10.0 Å². The zero-order valence-corrected chi connectivity index (χ0v) is 20.8. The number of hydrogen-bond donors (Lipinski definition) is 3. The van der Waals surface area contributed by atoms with Gasteiger partial charge in [-0.2, -0.15) is 4.98 Å². The van der Waals surface area contributed by atoms with Gasteiger partial charge < -0.3 is 20.1 Å². The third-order valence-electron chi connectivity index (χ3n) is 5.09. The Morgan fingerprint density at radius 1 is 1.00 bits per heavy atom. The van der Waals surface area contributed by atoms with E-state index in [1.807, 2.05) is 24.3 Å². The van der Waals surface area contributed by atoms with E-state index in [0.717, 1.165) is 24.1 Å². The Morgan fingerprint density at radius 3 is 2.38 bits per heavy atom. The van der Waals surface area contributed by atoms with Crippen molar-refractivity contribution in [2.45, 2.75) is 24.6 Å². The van der Waals surface area contributed by atoms with E-state index >= 15 is 0 Å². The number of benzene rings is 2. The lowest BCUT2D eigenvalue weighted by molar-refractivity contribution is 0.355. The summed E-state index contributed by atoms with van der Waals surface area (Å²) in [6, 6.07) is 10.7. The van der Waals surface area contributed by atoms with Crippen molar-refractivity contribution >= 4 is 56.4 Å². The fourth-order valence-corrected chi connectivity index (χ4v) is 4.94. The maximum atomic E-state index is 12.0. The molecule has 0 saturated heterocycles. The largest absolute Gasteiger partial charge is 0.493 e. The molecular formula is C22H23Cl2N5O4S. The Kier molecular flexibility index (Phi) is 7.32. The van der Waals surface area contributed by atoms with E-state index in [1.165, 1.54) is 20.4 Å². The molecule has 1 fully saturated rings. The van der Waals surface area contributed by atoms with Crippen molar-refractivity contribution in [1.82, 2.24) is 14.7 Å². The van der Waals surface area contributed by atoms with Crippen LogP contribution >= 0.6 is 23.2 Å². The average molecular weight is 524 g/mol. The number of rotatable bonds is 10. The van der Waals surface area contributed by atoms with Crippen molar-refractivity contribution in [3.63, 3.8) is 0 Å². The molecule has 3 N–H and O–H groups in total. The summed E-state index contributed by atoms with van der Waals surface area (Å²) in [5.74, 6) is 1.58. The highest BCUT2D eigenvalue weighted by atomic mass is 35.5. The minimum absolute atomic E-state index is 0.244. The number of aromatic nitrogens is 2. The molecule has 9 nitrogen and oxygen atoms in total. The van der Waals surface area contributed by atoms with Crippen molar-refractivity contribution < 1.29 is 17.9 Å². The van der Waals surface area contributed by atoms with E-state index in [4.69, 9.17) is 32.7 Å². The van der Waals surface area contributed by atoms with Crippen molar-refractivity contribution in [3.05, 3.63) is 58.2 Å². The Labute approximate surface area is 207 Å². The molecule has 1 saturated carbocycles. The van der Waals surface area contributed by atoms with Crippen LogP contribution in [0.4, 0.5) is 23.1 Å². The zero-order chi connectivity index (χ0) is 24.3. The van der Waals surface area contributed by atoms with Crippen LogP contribution in [0.15, 0.2) is 42.6 Å². The van der Waals surface area contributed by atoms with Crippen molar-refractivity contribution in [2.24, 2.45) is 0 Å². The summed E-state index contributed by atoms with van der Waals surface area (Å²) in [7, 11) is -0.191. The first-order valence-corrected chi connectivity index (χ1v) is 12.6. The van der Waals surface area contributed by atoms with Gasteiger partial charge in [0.05, 0.1) is 30.7 Å². The molecule has 0 amide bonds. The van der Waals surface area contributed by atoms with Crippen LogP contribution in [0.25, 0.3) is 0 Å². The highest BCUT2D eigenvalue weighted by molar-refractivity contribution is 7.90. The van der Waals surface area contributed by atoms with Crippen LogP contribution in [-0.2, 0) is 16.6 Å². The van der Waals surface area contributed by atoms with Crippen LogP contribution in [0, 0.1) is 0 Å². The molecule has 0 bridgehead atoms. The highest BCUT2D eigenvalue weighted by Crippen LogP contribution is 2.38. The van der Waals surface area contributed by atoms with E-state index in [2.05, 4.69) is 25.3 Å². The van der Waals surface area contributed by atoms with Gasteiger partial charge >= 0.3 is 0 Å². The number of methoxy groups -OCH3 is 2. The van der Waals surface area contributed by atoms with Crippen molar-refractivity contribution in [1.29, 1.82) is 0 Å². The molecule has 0 atom stereocenters. The minimum atomic E-state index is -3.22. The highest BCUT2D eigenvalue weighted by Gasteiger charge is 2.35. The molecule has 1 aliphatic rings. The van der Waals surface area contributed by atoms with Gasteiger partial charge in [0.1, 0.15) is 5.02 Å². The Morgan fingerprint density at radius 2 is 1.74 bits per heavy atom. The maximum Gasteiger partial charge on any atom is 0.229 e. The lowest BCUT2D eigenvalue weighted by Crippen LogP contribution is -2.26. The molecule has 34 heavy (non-hydrogen) atoms. The van der Waals surface area contributed by atoms with Crippen LogP contribution in [0.3, 0.4) is 0 Å². The molecule has 3 aromatic rings. The average Bonchev–Trinajstić information content (AvgIpc) is 3.67. The summed E-state index contributed by atoms with van der Waals surface area (Å²) in [5.41, 5.74) is 2.18. The smallest absolute Gasteiger partial charge is 0.229 e. The monoisotopic (exact) mass is 523 g/mol. The first kappa shape index (κ1) is 24.3. The summed E-state index contributed by atoms with van der Waals surface area (Å²) in [6.07, 6.45) is 2.93. The second-order valence-electron chi connectivity index (χ2n) is 7.60. The van der Waals surface area contributed by atoms with Gasteiger partial charge in [0.15, 0.2) is 17.3 Å². The third-order valence-corrected chi connectivity index (χ3v) is 7.54. The normalized spacial score (nSPS) is 13.4. The fourth-order valence-electron chi connectivity index (χ4n) is 3.16. The minimum Gasteiger partial charge on any atom is -0.493 e. The quantitative estimate of drug-likeness (QED) is 0.344. The molecule has 4 rings (SSSR count). The molecule has 12 heteroatoms. The van der Waals surface area contributed by atoms with E-state index in [0.29, 0.717) is 39.0 Å². The van der Waals surface area contributed by atoms with Crippen molar-refractivity contribution in [3.8, 4) is 11.5 Å². The molecule has 2 aromatic carbocycles. The van der Waals surface area contributed by atoms with Gasteiger partial charge in [-0.15, -0.1) is 0 Å². The molecule has 0 unspecified atom stereocenters. The van der Waals surface area contributed by atoms with Gasteiger partial charge in [0.25, 0.3) is 0 Å². The maximum absolute atomic E-state index is 12.0. The van der Waals surface area contributed by atoms with Gasteiger partial charge in [-0.25, -0.2) is 18.1 Å². The fraction of sp³-hybridized carbons (Fsp3) is 0.273.